The van der Waals surface area contributed by atoms with Gasteiger partial charge in [0.2, 0.25) is 0 Å². The molecule has 0 amide bonds. The summed E-state index contributed by atoms with van der Waals surface area (Å²) in [6.07, 6.45) is 13.7. The van der Waals surface area contributed by atoms with Crippen molar-refractivity contribution in [2.45, 2.75) is 75.9 Å². The van der Waals surface area contributed by atoms with Gasteiger partial charge in [-0.05, 0) is 92.1 Å². The van der Waals surface area contributed by atoms with Gasteiger partial charge < -0.3 is 14.7 Å². The number of rotatable bonds is 7. The number of aliphatic carboxylic acids is 1. The first-order chi connectivity index (χ1) is 18.3. The fourth-order valence-electron chi connectivity index (χ4n) is 6.08. The average molecular weight is 582 g/mol. The maximum Gasteiger partial charge on any atom is 0.309 e. The monoisotopic (exact) mass is 580 g/mol. The number of carboxylic acids is 1. The van der Waals surface area contributed by atoms with E-state index in [0.717, 1.165) is 87.7 Å². The van der Waals surface area contributed by atoms with Crippen LogP contribution < -0.4 is 0 Å². The standard InChI is InChI=1S/C16H17Cl2NS.C14H25NO3/c17-15-2-1-13(16(18)4-3-15)10-19-7-5-12(9-19)14-6-8-20-11-14;1-3-4-11(13(16)17)12-5-6-14(18-12)7-9-15(2)10-8-14/h1-2,4,6,8,11-12H,3,5,7,9-10H2;11-12H,3-10H2,1-2H3,(H,16,17)/t12-;/m1./s1. The maximum atomic E-state index is 11.3. The second-order valence-electron chi connectivity index (χ2n) is 11.3. The third-order valence-corrected chi connectivity index (χ3v) is 9.86. The molecule has 4 aliphatic rings. The van der Waals surface area contributed by atoms with Gasteiger partial charge in [0.25, 0.3) is 0 Å². The second-order valence-corrected chi connectivity index (χ2v) is 12.9. The minimum Gasteiger partial charge on any atom is -0.481 e. The van der Waals surface area contributed by atoms with E-state index in [2.05, 4.69) is 39.8 Å². The normalized spacial score (nSPS) is 26.7. The molecule has 0 saturated carbocycles. The predicted molar refractivity (Wildman–Crippen MR) is 158 cm³/mol. The first-order valence-electron chi connectivity index (χ1n) is 14.0. The van der Waals surface area contributed by atoms with E-state index in [1.807, 2.05) is 19.1 Å². The van der Waals surface area contributed by atoms with Crippen LogP contribution in [0.15, 0.2) is 50.7 Å². The number of piperidine rings is 1. The van der Waals surface area contributed by atoms with Crippen LogP contribution in [0.1, 0.15) is 69.8 Å². The number of halogens is 2. The number of carboxylic acid groups (broad SMARTS) is 1. The van der Waals surface area contributed by atoms with Crippen molar-refractivity contribution in [2.75, 3.05) is 39.8 Å². The quantitative estimate of drug-likeness (QED) is 0.368. The van der Waals surface area contributed by atoms with E-state index in [1.54, 1.807) is 11.3 Å². The largest absolute Gasteiger partial charge is 0.481 e. The van der Waals surface area contributed by atoms with Crippen LogP contribution in [-0.4, -0.2) is 72.4 Å². The van der Waals surface area contributed by atoms with Gasteiger partial charge >= 0.3 is 5.97 Å². The second kappa shape index (κ2) is 14.0. The Balaban J connectivity index is 0.000000178. The van der Waals surface area contributed by atoms with E-state index in [1.165, 1.54) is 17.6 Å². The lowest BCUT2D eigenvalue weighted by Gasteiger charge is -2.38. The highest BCUT2D eigenvalue weighted by Gasteiger charge is 2.45. The van der Waals surface area contributed by atoms with E-state index in [4.69, 9.17) is 27.9 Å². The van der Waals surface area contributed by atoms with E-state index in [0.29, 0.717) is 5.92 Å². The zero-order valence-electron chi connectivity index (χ0n) is 22.7. The van der Waals surface area contributed by atoms with E-state index >= 15 is 0 Å². The van der Waals surface area contributed by atoms with Crippen molar-refractivity contribution in [1.82, 2.24) is 9.80 Å². The molecule has 4 heterocycles. The van der Waals surface area contributed by atoms with Crippen LogP contribution in [0.2, 0.25) is 0 Å². The van der Waals surface area contributed by atoms with E-state index in [9.17, 15) is 9.90 Å². The van der Waals surface area contributed by atoms with Crippen molar-refractivity contribution in [3.63, 3.8) is 0 Å². The van der Waals surface area contributed by atoms with Crippen LogP contribution in [0.3, 0.4) is 0 Å². The predicted octanol–water partition coefficient (Wildman–Crippen LogP) is 7.24. The first-order valence-corrected chi connectivity index (χ1v) is 15.7. The molecular formula is C30H42Cl2N2O3S. The van der Waals surface area contributed by atoms with E-state index < -0.39 is 5.97 Å². The summed E-state index contributed by atoms with van der Waals surface area (Å²) in [5.41, 5.74) is 2.64. The van der Waals surface area contributed by atoms with Gasteiger partial charge in [0.05, 0.1) is 17.6 Å². The summed E-state index contributed by atoms with van der Waals surface area (Å²) >= 11 is 14.2. The molecule has 3 saturated heterocycles. The SMILES string of the molecule is CCCC(C(=O)O)C1CCC2(CCN(C)CC2)O1.ClC1=CC=C(CN2CC[C@@H](c3ccsc3)C2)C(Cl)=CC1. The van der Waals surface area contributed by atoms with Gasteiger partial charge in [-0.3, -0.25) is 9.69 Å². The molecule has 3 atom stereocenters. The van der Waals surface area contributed by atoms with Crippen molar-refractivity contribution >= 4 is 40.5 Å². The molecule has 1 N–H and O–H groups in total. The summed E-state index contributed by atoms with van der Waals surface area (Å²) in [6.45, 7) is 7.35. The van der Waals surface area contributed by atoms with Crippen molar-refractivity contribution in [1.29, 1.82) is 0 Å². The molecule has 5 rings (SSSR count). The number of hydrogen-bond donors (Lipinski definition) is 1. The van der Waals surface area contributed by atoms with Crippen molar-refractivity contribution in [2.24, 2.45) is 5.92 Å². The maximum absolute atomic E-state index is 11.3. The molecule has 1 aliphatic carbocycles. The topological polar surface area (TPSA) is 53.0 Å². The Kier molecular flexibility index (Phi) is 11.0. The highest BCUT2D eigenvalue weighted by molar-refractivity contribution is 7.08. The number of ether oxygens (including phenoxy) is 1. The summed E-state index contributed by atoms with van der Waals surface area (Å²) < 4.78 is 6.21. The van der Waals surface area contributed by atoms with Crippen LogP contribution in [-0.2, 0) is 9.53 Å². The van der Waals surface area contributed by atoms with Gasteiger partial charge in [0, 0.05) is 42.7 Å². The Morgan fingerprint density at radius 3 is 2.68 bits per heavy atom. The Bertz CT molecular complexity index is 1010. The molecule has 1 spiro atoms. The first kappa shape index (κ1) is 29.8. The molecule has 5 nitrogen and oxygen atoms in total. The number of allylic oxidation sites excluding steroid dienone is 4. The zero-order valence-corrected chi connectivity index (χ0v) is 25.0. The molecular weight excluding hydrogens is 539 g/mol. The molecule has 0 bridgehead atoms. The van der Waals surface area contributed by atoms with Gasteiger partial charge in [-0.15, -0.1) is 0 Å². The highest BCUT2D eigenvalue weighted by Crippen LogP contribution is 2.41. The minimum atomic E-state index is -0.688. The molecule has 3 aliphatic heterocycles. The third-order valence-electron chi connectivity index (χ3n) is 8.48. The summed E-state index contributed by atoms with van der Waals surface area (Å²) in [6, 6.07) is 2.25. The molecule has 3 fully saturated rings. The van der Waals surface area contributed by atoms with Crippen LogP contribution in [0.4, 0.5) is 0 Å². The van der Waals surface area contributed by atoms with E-state index in [-0.39, 0.29) is 17.6 Å². The molecule has 38 heavy (non-hydrogen) atoms. The smallest absolute Gasteiger partial charge is 0.309 e. The lowest BCUT2D eigenvalue weighted by molar-refractivity contribution is -0.152. The number of nitrogens with zero attached hydrogens (tertiary/aromatic N) is 2. The fourth-order valence-corrected chi connectivity index (χ4v) is 7.16. The Morgan fingerprint density at radius 1 is 1.21 bits per heavy atom. The Morgan fingerprint density at radius 2 is 2.00 bits per heavy atom. The number of hydrogen-bond acceptors (Lipinski definition) is 5. The summed E-state index contributed by atoms with van der Waals surface area (Å²) in [7, 11) is 2.14. The van der Waals surface area contributed by atoms with Gasteiger partial charge in [-0.25, -0.2) is 0 Å². The molecule has 2 unspecified atom stereocenters. The molecule has 1 aromatic rings. The molecule has 210 valence electrons. The van der Waals surface area contributed by atoms with Crippen LogP contribution >= 0.6 is 34.5 Å². The van der Waals surface area contributed by atoms with Gasteiger partial charge in [0.15, 0.2) is 0 Å². The Hall–Kier alpha value is -1.15. The summed E-state index contributed by atoms with van der Waals surface area (Å²) in [5.74, 6) is -0.324. The van der Waals surface area contributed by atoms with Crippen molar-refractivity contribution < 1.29 is 14.6 Å². The molecule has 8 heteroatoms. The Labute approximate surface area is 242 Å². The molecule has 0 aromatic carbocycles. The molecule has 1 aromatic heterocycles. The number of likely N-dealkylation sites (tertiary alicyclic amines) is 2. The summed E-state index contributed by atoms with van der Waals surface area (Å²) in [4.78, 5) is 16.1. The zero-order chi connectivity index (χ0) is 27.1. The molecule has 0 radical (unpaired) electrons. The lowest BCUT2D eigenvalue weighted by Crippen LogP contribution is -2.43. The van der Waals surface area contributed by atoms with Crippen LogP contribution in [0.5, 0.6) is 0 Å². The van der Waals surface area contributed by atoms with Gasteiger partial charge in [-0.2, -0.15) is 11.3 Å². The van der Waals surface area contributed by atoms with Crippen LogP contribution in [0.25, 0.3) is 0 Å². The third kappa shape index (κ3) is 7.96. The lowest BCUT2D eigenvalue weighted by atomic mass is 9.88. The average Bonchev–Trinajstić information content (AvgIpc) is 3.65. The van der Waals surface area contributed by atoms with Crippen molar-refractivity contribution in [3.8, 4) is 0 Å². The number of carbonyl (C=O) groups is 1. The number of thiophene rings is 1. The van der Waals surface area contributed by atoms with Crippen LogP contribution in [0, 0.1) is 5.92 Å². The van der Waals surface area contributed by atoms with Gasteiger partial charge in [0.1, 0.15) is 0 Å². The highest BCUT2D eigenvalue weighted by atomic mass is 35.5. The summed E-state index contributed by atoms with van der Waals surface area (Å²) in [5, 5.41) is 15.4. The van der Waals surface area contributed by atoms with Gasteiger partial charge in [-0.1, -0.05) is 48.7 Å². The minimum absolute atomic E-state index is 0.0153. The fraction of sp³-hybridized carbons (Fsp3) is 0.633. The van der Waals surface area contributed by atoms with Crippen molar-refractivity contribution in [3.05, 3.63) is 56.3 Å².